The first kappa shape index (κ1) is 17.3. The second kappa shape index (κ2) is 6.10. The lowest BCUT2D eigenvalue weighted by Crippen LogP contribution is -2.56. The Bertz CT molecular complexity index is 849. The summed E-state index contributed by atoms with van der Waals surface area (Å²) in [5, 5.41) is 3.18. The smallest absolute Gasteiger partial charge is 0.214 e. The second-order valence-electron chi connectivity index (χ2n) is 6.42. The van der Waals surface area contributed by atoms with Crippen molar-refractivity contribution in [1.29, 1.82) is 0 Å². The molecule has 0 aliphatic carbocycles. The number of aromatic nitrogens is 4. The molecule has 0 unspecified atom stereocenters. The van der Waals surface area contributed by atoms with Gasteiger partial charge in [-0.3, -0.25) is 0 Å². The number of anilines is 1. The van der Waals surface area contributed by atoms with Crippen LogP contribution in [0.15, 0.2) is 12.7 Å². The standard InChI is InChI=1S/C13H19N7O2S.ClH/c14-11-10-12(17-8-16-11)19(9-18-10)2-1-3-20-6-13(4-15-5-13)7-23(20,21)22;/h8-9,15H,1-7H2,(H2,14,16,17);1H. The Balaban J connectivity index is 0.00000169. The van der Waals surface area contributed by atoms with Gasteiger partial charge >= 0.3 is 0 Å². The van der Waals surface area contributed by atoms with Gasteiger partial charge in [-0.1, -0.05) is 0 Å². The molecule has 9 nitrogen and oxygen atoms in total. The number of halogens is 1. The van der Waals surface area contributed by atoms with Gasteiger partial charge in [-0.25, -0.2) is 27.7 Å². The number of aryl methyl sites for hydroxylation is 1. The summed E-state index contributed by atoms with van der Waals surface area (Å²) in [5.74, 6) is 0.625. The first-order valence-corrected chi connectivity index (χ1v) is 9.20. The predicted octanol–water partition coefficient (Wildman–Crippen LogP) is -0.545. The molecular weight excluding hydrogens is 354 g/mol. The Morgan fingerprint density at radius 3 is 2.71 bits per heavy atom. The fourth-order valence-electron chi connectivity index (χ4n) is 3.39. The van der Waals surface area contributed by atoms with Gasteiger partial charge in [0.15, 0.2) is 11.5 Å². The average Bonchev–Trinajstić information content (AvgIpc) is 2.99. The SMILES string of the molecule is Cl.Nc1ncnc2c1ncn2CCCN1CC2(CNC2)CS1(=O)=O. The highest BCUT2D eigenvalue weighted by atomic mass is 35.5. The number of nitrogen functional groups attached to an aromatic ring is 1. The van der Waals surface area contributed by atoms with Crippen molar-refractivity contribution in [3.05, 3.63) is 12.7 Å². The van der Waals surface area contributed by atoms with E-state index in [0.29, 0.717) is 43.0 Å². The summed E-state index contributed by atoms with van der Waals surface area (Å²) in [6.45, 7) is 3.38. The maximum absolute atomic E-state index is 12.3. The van der Waals surface area contributed by atoms with E-state index >= 15 is 0 Å². The fraction of sp³-hybridized carbons (Fsp3) is 0.615. The van der Waals surface area contributed by atoms with Crippen molar-refractivity contribution in [3.63, 3.8) is 0 Å². The summed E-state index contributed by atoms with van der Waals surface area (Å²) in [4.78, 5) is 12.3. The summed E-state index contributed by atoms with van der Waals surface area (Å²) >= 11 is 0. The summed E-state index contributed by atoms with van der Waals surface area (Å²) in [7, 11) is -3.12. The predicted molar refractivity (Wildman–Crippen MR) is 92.3 cm³/mol. The van der Waals surface area contributed by atoms with Crippen molar-refractivity contribution in [2.75, 3.05) is 37.7 Å². The van der Waals surface area contributed by atoms with E-state index in [1.54, 1.807) is 10.6 Å². The molecule has 0 radical (unpaired) electrons. The van der Waals surface area contributed by atoms with Crippen molar-refractivity contribution < 1.29 is 8.42 Å². The highest BCUT2D eigenvalue weighted by Gasteiger charge is 2.50. The van der Waals surface area contributed by atoms with Crippen LogP contribution < -0.4 is 11.1 Å². The summed E-state index contributed by atoms with van der Waals surface area (Å²) in [6, 6.07) is 0. The maximum atomic E-state index is 12.3. The van der Waals surface area contributed by atoms with Gasteiger partial charge in [0.1, 0.15) is 11.8 Å². The van der Waals surface area contributed by atoms with Gasteiger partial charge < -0.3 is 15.6 Å². The van der Waals surface area contributed by atoms with Crippen LogP contribution in [0, 0.1) is 5.41 Å². The molecule has 0 saturated carbocycles. The largest absolute Gasteiger partial charge is 0.382 e. The minimum Gasteiger partial charge on any atom is -0.382 e. The zero-order valence-corrected chi connectivity index (χ0v) is 14.7. The van der Waals surface area contributed by atoms with Gasteiger partial charge in [0.05, 0.1) is 12.1 Å². The molecule has 2 aromatic rings. The van der Waals surface area contributed by atoms with E-state index in [0.717, 1.165) is 13.1 Å². The maximum Gasteiger partial charge on any atom is 0.214 e. The van der Waals surface area contributed by atoms with E-state index in [2.05, 4.69) is 20.3 Å². The molecule has 4 rings (SSSR count). The molecule has 2 aliphatic heterocycles. The number of sulfonamides is 1. The van der Waals surface area contributed by atoms with Crippen molar-refractivity contribution in [1.82, 2.24) is 29.1 Å². The van der Waals surface area contributed by atoms with Gasteiger partial charge in [-0.15, -0.1) is 12.4 Å². The topological polar surface area (TPSA) is 119 Å². The van der Waals surface area contributed by atoms with Crippen LogP contribution in [0.25, 0.3) is 11.2 Å². The quantitative estimate of drug-likeness (QED) is 0.738. The number of nitrogens with one attached hydrogen (secondary N) is 1. The highest BCUT2D eigenvalue weighted by Crippen LogP contribution is 2.34. The van der Waals surface area contributed by atoms with Gasteiger partial charge in [-0.05, 0) is 6.42 Å². The van der Waals surface area contributed by atoms with Crippen LogP contribution in [0.1, 0.15) is 6.42 Å². The van der Waals surface area contributed by atoms with Crippen molar-refractivity contribution >= 4 is 39.4 Å². The summed E-state index contributed by atoms with van der Waals surface area (Å²) < 4.78 is 28.0. The average molecular weight is 374 g/mol. The third-order valence-electron chi connectivity index (χ3n) is 4.63. The third-order valence-corrected chi connectivity index (χ3v) is 6.71. The van der Waals surface area contributed by atoms with E-state index in [1.807, 2.05) is 4.57 Å². The van der Waals surface area contributed by atoms with Crippen molar-refractivity contribution in [3.8, 4) is 0 Å². The molecule has 1 spiro atoms. The molecule has 132 valence electrons. The number of fused-ring (bicyclic) bond motifs is 1. The third kappa shape index (κ3) is 2.83. The molecule has 4 heterocycles. The molecule has 2 aromatic heterocycles. The lowest BCUT2D eigenvalue weighted by molar-refractivity contribution is 0.182. The number of hydrogen-bond donors (Lipinski definition) is 2. The molecule has 3 N–H and O–H groups in total. The van der Waals surface area contributed by atoms with E-state index < -0.39 is 10.0 Å². The van der Waals surface area contributed by atoms with Crippen LogP contribution in [0.2, 0.25) is 0 Å². The monoisotopic (exact) mass is 373 g/mol. The molecule has 0 bridgehead atoms. The molecule has 0 amide bonds. The molecule has 2 fully saturated rings. The minimum absolute atomic E-state index is 0. The van der Waals surface area contributed by atoms with Crippen LogP contribution >= 0.6 is 12.4 Å². The van der Waals surface area contributed by atoms with Crippen molar-refractivity contribution in [2.24, 2.45) is 5.41 Å². The lowest BCUT2D eigenvalue weighted by atomic mass is 9.84. The Morgan fingerprint density at radius 1 is 1.25 bits per heavy atom. The lowest BCUT2D eigenvalue weighted by Gasteiger charge is -2.37. The molecule has 0 atom stereocenters. The van der Waals surface area contributed by atoms with E-state index in [-0.39, 0.29) is 23.6 Å². The van der Waals surface area contributed by atoms with E-state index in [9.17, 15) is 8.42 Å². The Hall–Kier alpha value is -1.49. The number of rotatable bonds is 4. The van der Waals surface area contributed by atoms with Crippen LogP contribution in [0.4, 0.5) is 5.82 Å². The van der Waals surface area contributed by atoms with Gasteiger partial charge in [0.25, 0.3) is 0 Å². The summed E-state index contributed by atoms with van der Waals surface area (Å²) in [6.07, 6.45) is 3.79. The highest BCUT2D eigenvalue weighted by molar-refractivity contribution is 7.89. The Labute approximate surface area is 146 Å². The normalized spacial score (nSPS) is 21.7. The molecule has 11 heteroatoms. The number of nitrogens with zero attached hydrogens (tertiary/aromatic N) is 5. The van der Waals surface area contributed by atoms with Crippen LogP contribution in [0.3, 0.4) is 0 Å². The zero-order chi connectivity index (χ0) is 16.1. The molecular formula is C13H20ClN7O2S. The van der Waals surface area contributed by atoms with Gasteiger partial charge in [0.2, 0.25) is 10.0 Å². The van der Waals surface area contributed by atoms with Crippen LogP contribution in [0.5, 0.6) is 0 Å². The summed E-state index contributed by atoms with van der Waals surface area (Å²) in [5.41, 5.74) is 6.96. The van der Waals surface area contributed by atoms with Gasteiger partial charge in [-0.2, -0.15) is 0 Å². The first-order valence-electron chi connectivity index (χ1n) is 7.59. The van der Waals surface area contributed by atoms with E-state index in [4.69, 9.17) is 5.73 Å². The van der Waals surface area contributed by atoms with E-state index in [1.165, 1.54) is 6.33 Å². The number of hydrogen-bond acceptors (Lipinski definition) is 7. The molecule has 0 aromatic carbocycles. The van der Waals surface area contributed by atoms with Gasteiger partial charge in [0, 0.05) is 38.1 Å². The van der Waals surface area contributed by atoms with Crippen LogP contribution in [-0.4, -0.2) is 64.2 Å². The van der Waals surface area contributed by atoms with Crippen LogP contribution in [-0.2, 0) is 16.6 Å². The molecule has 2 saturated heterocycles. The van der Waals surface area contributed by atoms with Crippen molar-refractivity contribution in [2.45, 2.75) is 13.0 Å². The first-order chi connectivity index (χ1) is 11.0. The second-order valence-corrected chi connectivity index (χ2v) is 8.38. The molecule has 24 heavy (non-hydrogen) atoms. The minimum atomic E-state index is -3.12. The Kier molecular flexibility index (Phi) is 4.41. The fourth-order valence-corrected chi connectivity index (χ4v) is 5.52. The Morgan fingerprint density at radius 2 is 2.04 bits per heavy atom. The number of imidazole rings is 1. The zero-order valence-electron chi connectivity index (χ0n) is 13.1. The molecule has 2 aliphatic rings. The number of nitrogens with two attached hydrogens (primary N) is 1.